The summed E-state index contributed by atoms with van der Waals surface area (Å²) in [6.45, 7) is 4.15. The number of ether oxygens (including phenoxy) is 2. The molecule has 5 nitrogen and oxygen atoms in total. The Kier molecular flexibility index (Phi) is 3.97. The molecule has 1 aliphatic rings. The molecule has 2 rings (SSSR count). The van der Waals surface area contributed by atoms with E-state index in [0.29, 0.717) is 30.3 Å². The van der Waals surface area contributed by atoms with E-state index in [9.17, 15) is 13.5 Å². The molecule has 0 spiro atoms. The van der Waals surface area contributed by atoms with Gasteiger partial charge in [0.15, 0.2) is 21.3 Å². The summed E-state index contributed by atoms with van der Waals surface area (Å²) in [6.07, 6.45) is 0.787. The average molecular weight is 300 g/mol. The zero-order chi connectivity index (χ0) is 15.0. The molecule has 20 heavy (non-hydrogen) atoms. The molecule has 1 aromatic rings. The standard InChI is InChI=1S/C14H20O5S/c1-14(2,20(3,16)17)13(15)10-5-6-11-12(9-10)19-8-4-7-18-11/h5-6,9,13,15H,4,7-8H2,1-3H3. The number of fused-ring (bicyclic) bond motifs is 1. The van der Waals surface area contributed by atoms with Crippen molar-refractivity contribution in [3.63, 3.8) is 0 Å². The van der Waals surface area contributed by atoms with E-state index in [0.717, 1.165) is 12.7 Å². The quantitative estimate of drug-likeness (QED) is 0.920. The Morgan fingerprint density at radius 1 is 1.20 bits per heavy atom. The van der Waals surface area contributed by atoms with Crippen molar-refractivity contribution in [1.82, 2.24) is 0 Å². The third-order valence-corrected chi connectivity index (χ3v) is 5.84. The smallest absolute Gasteiger partial charge is 0.161 e. The minimum Gasteiger partial charge on any atom is -0.490 e. The van der Waals surface area contributed by atoms with Crippen molar-refractivity contribution in [3.8, 4) is 11.5 Å². The first-order valence-electron chi connectivity index (χ1n) is 6.50. The van der Waals surface area contributed by atoms with Crippen molar-refractivity contribution < 1.29 is 23.0 Å². The molecule has 1 atom stereocenters. The Labute approximate surface area is 119 Å². The van der Waals surface area contributed by atoms with E-state index in [4.69, 9.17) is 9.47 Å². The van der Waals surface area contributed by atoms with Crippen LogP contribution in [0.3, 0.4) is 0 Å². The van der Waals surface area contributed by atoms with Gasteiger partial charge in [0.1, 0.15) is 0 Å². The van der Waals surface area contributed by atoms with Crippen LogP contribution in [-0.4, -0.2) is 37.7 Å². The highest BCUT2D eigenvalue weighted by Crippen LogP contribution is 2.37. The Balaban J connectivity index is 2.37. The summed E-state index contributed by atoms with van der Waals surface area (Å²) in [4.78, 5) is 0. The van der Waals surface area contributed by atoms with E-state index in [-0.39, 0.29) is 0 Å². The fourth-order valence-electron chi connectivity index (χ4n) is 1.95. The van der Waals surface area contributed by atoms with Gasteiger partial charge >= 0.3 is 0 Å². The van der Waals surface area contributed by atoms with Crippen LogP contribution in [0.25, 0.3) is 0 Å². The Morgan fingerprint density at radius 2 is 1.80 bits per heavy atom. The largest absolute Gasteiger partial charge is 0.490 e. The van der Waals surface area contributed by atoms with Crippen LogP contribution in [0.5, 0.6) is 11.5 Å². The molecule has 0 radical (unpaired) electrons. The van der Waals surface area contributed by atoms with E-state index in [2.05, 4.69) is 0 Å². The number of hydrogen-bond donors (Lipinski definition) is 1. The molecule has 0 bridgehead atoms. The fourth-order valence-corrected chi connectivity index (χ4v) is 2.50. The lowest BCUT2D eigenvalue weighted by Gasteiger charge is -2.29. The van der Waals surface area contributed by atoms with Crippen LogP contribution in [0.1, 0.15) is 31.9 Å². The van der Waals surface area contributed by atoms with Gasteiger partial charge in [-0.2, -0.15) is 0 Å². The van der Waals surface area contributed by atoms with Gasteiger partial charge in [-0.05, 0) is 31.5 Å². The van der Waals surface area contributed by atoms with Crippen LogP contribution >= 0.6 is 0 Å². The lowest BCUT2D eigenvalue weighted by Crippen LogP contribution is -2.37. The number of hydrogen-bond acceptors (Lipinski definition) is 5. The monoisotopic (exact) mass is 300 g/mol. The highest BCUT2D eigenvalue weighted by Gasteiger charge is 2.39. The van der Waals surface area contributed by atoms with E-state index in [1.54, 1.807) is 18.2 Å². The molecular formula is C14H20O5S. The molecule has 0 saturated carbocycles. The number of benzene rings is 1. The SMILES string of the molecule is CC(C)(C(O)c1ccc2c(c1)OCCCO2)S(C)(=O)=O. The predicted molar refractivity (Wildman–Crippen MR) is 75.9 cm³/mol. The molecule has 6 heteroatoms. The topological polar surface area (TPSA) is 72.8 Å². The summed E-state index contributed by atoms with van der Waals surface area (Å²) in [6, 6.07) is 5.03. The highest BCUT2D eigenvalue weighted by atomic mass is 32.2. The molecule has 0 saturated heterocycles. The van der Waals surface area contributed by atoms with Crippen LogP contribution in [0.15, 0.2) is 18.2 Å². The zero-order valence-electron chi connectivity index (χ0n) is 11.9. The van der Waals surface area contributed by atoms with Gasteiger partial charge in [0.05, 0.1) is 24.1 Å². The third-order valence-electron chi connectivity index (χ3n) is 3.70. The molecule has 0 amide bonds. The Hall–Kier alpha value is -1.27. The normalized spacial score (nSPS) is 17.4. The summed E-state index contributed by atoms with van der Waals surface area (Å²) in [7, 11) is -3.40. The molecule has 0 fully saturated rings. The second-order valence-corrected chi connectivity index (χ2v) is 8.13. The lowest BCUT2D eigenvalue weighted by molar-refractivity contribution is 0.139. The van der Waals surface area contributed by atoms with Gasteiger partial charge in [-0.15, -0.1) is 0 Å². The number of sulfone groups is 1. The van der Waals surface area contributed by atoms with Crippen LogP contribution in [0, 0.1) is 0 Å². The van der Waals surface area contributed by atoms with Crippen LogP contribution in [0.4, 0.5) is 0 Å². The third kappa shape index (κ3) is 2.76. The van der Waals surface area contributed by atoms with Crippen molar-refractivity contribution in [2.75, 3.05) is 19.5 Å². The molecule has 1 aliphatic heterocycles. The molecule has 1 heterocycles. The van der Waals surface area contributed by atoms with E-state index in [1.807, 2.05) is 0 Å². The van der Waals surface area contributed by atoms with Gasteiger partial charge in [0.25, 0.3) is 0 Å². The van der Waals surface area contributed by atoms with Gasteiger partial charge < -0.3 is 14.6 Å². The van der Waals surface area contributed by atoms with Crippen molar-refractivity contribution in [3.05, 3.63) is 23.8 Å². The summed E-state index contributed by atoms with van der Waals surface area (Å²) >= 11 is 0. The number of aliphatic hydroxyl groups is 1. The molecule has 1 aromatic carbocycles. The summed E-state index contributed by atoms with van der Waals surface area (Å²) in [5.41, 5.74) is 0.504. The Bertz CT molecular complexity index is 592. The molecule has 0 aliphatic carbocycles. The van der Waals surface area contributed by atoms with Crippen molar-refractivity contribution in [2.45, 2.75) is 31.1 Å². The maximum Gasteiger partial charge on any atom is 0.161 e. The summed E-state index contributed by atoms with van der Waals surface area (Å²) in [5, 5.41) is 10.4. The fraction of sp³-hybridized carbons (Fsp3) is 0.571. The van der Waals surface area contributed by atoms with Gasteiger partial charge in [-0.3, -0.25) is 0 Å². The molecule has 1 N–H and O–H groups in total. The second kappa shape index (κ2) is 5.26. The maximum absolute atomic E-state index is 11.8. The zero-order valence-corrected chi connectivity index (χ0v) is 12.7. The molecular weight excluding hydrogens is 280 g/mol. The highest BCUT2D eigenvalue weighted by molar-refractivity contribution is 7.92. The van der Waals surface area contributed by atoms with Gasteiger partial charge in [0, 0.05) is 12.7 Å². The number of rotatable bonds is 3. The number of aliphatic hydroxyl groups excluding tert-OH is 1. The van der Waals surface area contributed by atoms with Gasteiger partial charge in [-0.25, -0.2) is 8.42 Å². The molecule has 1 unspecified atom stereocenters. The van der Waals surface area contributed by atoms with E-state index >= 15 is 0 Å². The minimum atomic E-state index is -3.40. The van der Waals surface area contributed by atoms with Crippen molar-refractivity contribution in [2.24, 2.45) is 0 Å². The first-order chi connectivity index (χ1) is 9.23. The first-order valence-corrected chi connectivity index (χ1v) is 8.40. The summed E-state index contributed by atoms with van der Waals surface area (Å²) in [5.74, 6) is 1.17. The van der Waals surface area contributed by atoms with E-state index in [1.165, 1.54) is 13.8 Å². The van der Waals surface area contributed by atoms with E-state index < -0.39 is 20.7 Å². The first kappa shape index (κ1) is 15.1. The molecule has 0 aromatic heterocycles. The lowest BCUT2D eigenvalue weighted by atomic mass is 9.98. The molecule has 112 valence electrons. The maximum atomic E-state index is 11.8. The van der Waals surface area contributed by atoms with Crippen molar-refractivity contribution in [1.29, 1.82) is 0 Å². The predicted octanol–water partition coefficient (Wildman–Crippen LogP) is 1.70. The Morgan fingerprint density at radius 3 is 2.40 bits per heavy atom. The van der Waals surface area contributed by atoms with Gasteiger partial charge in [0.2, 0.25) is 0 Å². The van der Waals surface area contributed by atoms with Crippen LogP contribution < -0.4 is 9.47 Å². The average Bonchev–Trinajstić information content (AvgIpc) is 2.60. The van der Waals surface area contributed by atoms with Crippen LogP contribution in [0.2, 0.25) is 0 Å². The minimum absolute atomic E-state index is 0.504. The van der Waals surface area contributed by atoms with Crippen molar-refractivity contribution >= 4 is 9.84 Å². The van der Waals surface area contributed by atoms with Crippen LogP contribution in [-0.2, 0) is 9.84 Å². The second-order valence-electron chi connectivity index (χ2n) is 5.53. The summed E-state index contributed by atoms with van der Waals surface area (Å²) < 4.78 is 33.4. The van der Waals surface area contributed by atoms with Gasteiger partial charge in [-0.1, -0.05) is 6.07 Å².